The Bertz CT molecular complexity index is 306. The van der Waals surface area contributed by atoms with Crippen LogP contribution in [0.3, 0.4) is 0 Å². The van der Waals surface area contributed by atoms with Crippen molar-refractivity contribution in [3.63, 3.8) is 0 Å². The van der Waals surface area contributed by atoms with Crippen LogP contribution < -0.4 is 10.6 Å². The van der Waals surface area contributed by atoms with E-state index in [9.17, 15) is 9.59 Å². The lowest BCUT2D eigenvalue weighted by molar-refractivity contribution is -0.137. The Hall–Kier alpha value is -0.810. The highest BCUT2D eigenvalue weighted by atomic mass is 35.5. The first kappa shape index (κ1) is 16.2. The molecule has 0 saturated carbocycles. The Morgan fingerprint density at radius 2 is 2.26 bits per heavy atom. The van der Waals surface area contributed by atoms with E-state index in [4.69, 9.17) is 0 Å². The minimum atomic E-state index is -0.0174. The van der Waals surface area contributed by atoms with Crippen molar-refractivity contribution >= 4 is 24.2 Å². The van der Waals surface area contributed by atoms with Gasteiger partial charge < -0.3 is 15.5 Å². The van der Waals surface area contributed by atoms with Crippen molar-refractivity contribution in [2.24, 2.45) is 5.92 Å². The molecule has 6 heteroatoms. The third-order valence-electron chi connectivity index (χ3n) is 3.79. The Kier molecular flexibility index (Phi) is 7.16. The molecular formula is C13H24ClN3O2. The molecule has 2 aliphatic rings. The van der Waals surface area contributed by atoms with Crippen LogP contribution in [0.5, 0.6) is 0 Å². The quantitative estimate of drug-likeness (QED) is 0.776. The maximum atomic E-state index is 11.7. The van der Waals surface area contributed by atoms with Gasteiger partial charge in [-0.05, 0) is 44.7 Å². The van der Waals surface area contributed by atoms with E-state index in [1.165, 1.54) is 6.42 Å². The predicted molar refractivity (Wildman–Crippen MR) is 76.3 cm³/mol. The topological polar surface area (TPSA) is 61.4 Å². The number of amides is 2. The van der Waals surface area contributed by atoms with E-state index in [2.05, 4.69) is 10.6 Å². The fourth-order valence-electron chi connectivity index (χ4n) is 2.63. The van der Waals surface area contributed by atoms with Gasteiger partial charge in [-0.3, -0.25) is 9.59 Å². The van der Waals surface area contributed by atoms with Crippen LogP contribution in [-0.2, 0) is 9.59 Å². The molecule has 0 aromatic heterocycles. The fraction of sp³-hybridized carbons (Fsp3) is 0.846. The van der Waals surface area contributed by atoms with Gasteiger partial charge in [0.1, 0.15) is 0 Å². The van der Waals surface area contributed by atoms with Gasteiger partial charge in [-0.1, -0.05) is 0 Å². The van der Waals surface area contributed by atoms with E-state index >= 15 is 0 Å². The molecule has 110 valence electrons. The van der Waals surface area contributed by atoms with E-state index in [1.807, 2.05) is 0 Å². The molecule has 2 aliphatic heterocycles. The molecule has 2 amide bonds. The zero-order chi connectivity index (χ0) is 12.8. The van der Waals surface area contributed by atoms with E-state index in [0.717, 1.165) is 45.4 Å². The lowest BCUT2D eigenvalue weighted by atomic mass is 10.1. The van der Waals surface area contributed by atoms with Crippen molar-refractivity contribution in [3.8, 4) is 0 Å². The van der Waals surface area contributed by atoms with Gasteiger partial charge in [0, 0.05) is 19.5 Å². The first-order valence-electron chi connectivity index (χ1n) is 7.01. The highest BCUT2D eigenvalue weighted by molar-refractivity contribution is 5.85. The largest absolute Gasteiger partial charge is 0.355 e. The number of piperidine rings is 1. The average Bonchev–Trinajstić information content (AvgIpc) is 2.85. The van der Waals surface area contributed by atoms with Crippen LogP contribution in [0.2, 0.25) is 0 Å². The predicted octanol–water partition coefficient (Wildman–Crippen LogP) is 0.536. The Balaban J connectivity index is 0.00000180. The standard InChI is InChI=1S/C13H23N3O2.ClH/c17-12(10-16-8-2-1-3-13(16)18)15-7-5-11-4-6-14-9-11;/h11,14H,1-10H2,(H,15,17);1H. The van der Waals surface area contributed by atoms with Gasteiger partial charge in [0.15, 0.2) is 0 Å². The Morgan fingerprint density at radius 1 is 1.42 bits per heavy atom. The van der Waals surface area contributed by atoms with Gasteiger partial charge in [-0.25, -0.2) is 0 Å². The lowest BCUT2D eigenvalue weighted by Crippen LogP contribution is -2.43. The number of hydrogen-bond acceptors (Lipinski definition) is 3. The summed E-state index contributed by atoms with van der Waals surface area (Å²) in [6.07, 6.45) is 4.83. The van der Waals surface area contributed by atoms with E-state index in [1.54, 1.807) is 4.90 Å². The second-order valence-electron chi connectivity index (χ2n) is 5.27. The maximum Gasteiger partial charge on any atom is 0.239 e. The minimum absolute atomic E-state index is 0. The van der Waals surface area contributed by atoms with E-state index < -0.39 is 0 Å². The van der Waals surface area contributed by atoms with Crippen LogP contribution in [0.25, 0.3) is 0 Å². The van der Waals surface area contributed by atoms with Crippen LogP contribution >= 0.6 is 12.4 Å². The molecule has 2 N–H and O–H groups in total. The van der Waals surface area contributed by atoms with Gasteiger partial charge in [0.25, 0.3) is 0 Å². The summed E-state index contributed by atoms with van der Waals surface area (Å²) in [6.45, 7) is 3.87. The second kappa shape index (κ2) is 8.38. The Morgan fingerprint density at radius 3 is 2.95 bits per heavy atom. The summed E-state index contributed by atoms with van der Waals surface area (Å²) in [5.41, 5.74) is 0. The number of rotatable bonds is 5. The highest BCUT2D eigenvalue weighted by Gasteiger charge is 2.20. The van der Waals surface area contributed by atoms with Crippen molar-refractivity contribution in [3.05, 3.63) is 0 Å². The number of carbonyl (C=O) groups is 2. The minimum Gasteiger partial charge on any atom is -0.355 e. The molecule has 1 unspecified atom stereocenters. The number of likely N-dealkylation sites (tertiary alicyclic amines) is 1. The molecule has 5 nitrogen and oxygen atoms in total. The second-order valence-corrected chi connectivity index (χ2v) is 5.27. The van der Waals surface area contributed by atoms with Crippen molar-refractivity contribution in [1.82, 2.24) is 15.5 Å². The van der Waals surface area contributed by atoms with Crippen LogP contribution in [0.1, 0.15) is 32.1 Å². The van der Waals surface area contributed by atoms with Gasteiger partial charge in [0.05, 0.1) is 6.54 Å². The van der Waals surface area contributed by atoms with Gasteiger partial charge >= 0.3 is 0 Å². The summed E-state index contributed by atoms with van der Waals surface area (Å²) in [4.78, 5) is 24.9. The van der Waals surface area contributed by atoms with E-state index in [0.29, 0.717) is 12.3 Å². The smallest absolute Gasteiger partial charge is 0.239 e. The first-order chi connectivity index (χ1) is 8.75. The van der Waals surface area contributed by atoms with Gasteiger partial charge in [0.2, 0.25) is 11.8 Å². The molecule has 19 heavy (non-hydrogen) atoms. The monoisotopic (exact) mass is 289 g/mol. The number of hydrogen-bond donors (Lipinski definition) is 2. The maximum absolute atomic E-state index is 11.7. The SMILES string of the molecule is Cl.O=C(CN1CCCCC1=O)NCCC1CCNC1. The molecule has 2 fully saturated rings. The molecule has 2 saturated heterocycles. The number of carbonyl (C=O) groups excluding carboxylic acids is 2. The molecule has 2 rings (SSSR count). The van der Waals surface area contributed by atoms with Crippen LogP contribution in [-0.4, -0.2) is 49.4 Å². The van der Waals surface area contributed by atoms with Gasteiger partial charge in [-0.2, -0.15) is 0 Å². The normalized spacial score (nSPS) is 23.1. The summed E-state index contributed by atoms with van der Waals surface area (Å²) in [5, 5.41) is 6.23. The zero-order valence-electron chi connectivity index (χ0n) is 11.3. The average molecular weight is 290 g/mol. The number of nitrogens with zero attached hydrogens (tertiary/aromatic N) is 1. The van der Waals surface area contributed by atoms with Gasteiger partial charge in [-0.15, -0.1) is 12.4 Å². The third kappa shape index (κ3) is 5.37. The van der Waals surface area contributed by atoms with Crippen LogP contribution in [0.4, 0.5) is 0 Å². The van der Waals surface area contributed by atoms with Crippen molar-refractivity contribution < 1.29 is 9.59 Å². The Labute approximate surface area is 120 Å². The number of halogens is 1. The lowest BCUT2D eigenvalue weighted by Gasteiger charge is -2.26. The molecule has 0 bridgehead atoms. The van der Waals surface area contributed by atoms with Crippen LogP contribution in [0, 0.1) is 5.92 Å². The summed E-state index contributed by atoms with van der Waals surface area (Å²) in [5.74, 6) is 0.800. The third-order valence-corrected chi connectivity index (χ3v) is 3.79. The van der Waals surface area contributed by atoms with Crippen molar-refractivity contribution in [2.75, 3.05) is 32.7 Å². The first-order valence-corrected chi connectivity index (χ1v) is 7.01. The summed E-state index contributed by atoms with van der Waals surface area (Å²) >= 11 is 0. The highest BCUT2D eigenvalue weighted by Crippen LogP contribution is 2.11. The molecule has 2 heterocycles. The molecule has 1 atom stereocenters. The number of nitrogens with one attached hydrogen (secondary N) is 2. The molecular weight excluding hydrogens is 266 g/mol. The molecule has 0 aromatic rings. The summed E-state index contributed by atoms with van der Waals surface area (Å²) in [7, 11) is 0. The van der Waals surface area contributed by atoms with Crippen molar-refractivity contribution in [2.45, 2.75) is 32.1 Å². The molecule has 0 spiro atoms. The van der Waals surface area contributed by atoms with Crippen LogP contribution in [0.15, 0.2) is 0 Å². The molecule has 0 aliphatic carbocycles. The zero-order valence-corrected chi connectivity index (χ0v) is 12.1. The summed E-state index contributed by atoms with van der Waals surface area (Å²) < 4.78 is 0. The fourth-order valence-corrected chi connectivity index (χ4v) is 2.63. The van der Waals surface area contributed by atoms with E-state index in [-0.39, 0.29) is 30.8 Å². The molecule has 0 aromatic carbocycles. The summed E-state index contributed by atoms with van der Waals surface area (Å²) in [6, 6.07) is 0. The molecule has 0 radical (unpaired) electrons. The van der Waals surface area contributed by atoms with Crippen molar-refractivity contribution in [1.29, 1.82) is 0 Å².